The van der Waals surface area contributed by atoms with Gasteiger partial charge in [-0.2, -0.15) is 0 Å². The number of fused-ring (bicyclic) bond motifs is 1. The molecule has 4 rings (SSSR count). The van der Waals surface area contributed by atoms with Gasteiger partial charge in [0, 0.05) is 17.5 Å². The van der Waals surface area contributed by atoms with Gasteiger partial charge in [0.05, 0.1) is 26.3 Å². The summed E-state index contributed by atoms with van der Waals surface area (Å²) in [5, 5.41) is 3.97. The number of nitrogens with one attached hydrogen (secondary N) is 1. The minimum absolute atomic E-state index is 0.204. The molecule has 30 heavy (non-hydrogen) atoms. The zero-order chi connectivity index (χ0) is 21.3. The number of ether oxygens (including phenoxy) is 2. The normalized spacial score (nSPS) is 17.7. The zero-order valence-corrected chi connectivity index (χ0v) is 17.3. The molecule has 7 heteroatoms. The van der Waals surface area contributed by atoms with Gasteiger partial charge in [0.25, 0.3) is 0 Å². The van der Waals surface area contributed by atoms with Gasteiger partial charge < -0.3 is 24.1 Å². The van der Waals surface area contributed by atoms with Crippen molar-refractivity contribution in [2.45, 2.75) is 26.0 Å². The predicted octanol–water partition coefficient (Wildman–Crippen LogP) is 4.73. The maximum Gasteiger partial charge on any atom is 0.318 e. The first-order valence-electron chi connectivity index (χ1n) is 9.96. The summed E-state index contributed by atoms with van der Waals surface area (Å²) >= 11 is 0. The van der Waals surface area contributed by atoms with Gasteiger partial charge in [-0.3, -0.25) is 0 Å². The highest BCUT2D eigenvalue weighted by Gasteiger charge is 2.27. The molecular weight excluding hydrogens is 387 g/mol. The van der Waals surface area contributed by atoms with E-state index in [0.29, 0.717) is 25.5 Å². The smallest absolute Gasteiger partial charge is 0.318 e. The van der Waals surface area contributed by atoms with E-state index in [1.807, 2.05) is 38.1 Å². The van der Waals surface area contributed by atoms with Crippen LogP contribution in [0.2, 0.25) is 0 Å². The minimum Gasteiger partial charge on any atom is -0.497 e. The largest absolute Gasteiger partial charge is 0.497 e. The second-order valence-corrected chi connectivity index (χ2v) is 7.49. The molecule has 1 N–H and O–H groups in total. The van der Waals surface area contributed by atoms with E-state index in [1.165, 1.54) is 12.1 Å². The summed E-state index contributed by atoms with van der Waals surface area (Å²) in [6.07, 6.45) is -0.351. The molecular formula is C23H25FN2O4. The average Bonchev–Trinajstić information content (AvgIpc) is 3.09. The first-order valence-corrected chi connectivity index (χ1v) is 9.96. The minimum atomic E-state index is -0.351. The van der Waals surface area contributed by atoms with E-state index in [0.717, 1.165) is 27.8 Å². The fourth-order valence-corrected chi connectivity index (χ4v) is 3.84. The number of urea groups is 1. The van der Waals surface area contributed by atoms with Crippen molar-refractivity contribution in [1.29, 1.82) is 0 Å². The van der Waals surface area contributed by atoms with Gasteiger partial charge in [-0.15, -0.1) is 0 Å². The summed E-state index contributed by atoms with van der Waals surface area (Å²) in [6, 6.07) is 11.4. The molecule has 3 aromatic rings. The molecule has 6 nitrogen and oxygen atoms in total. The Kier molecular flexibility index (Phi) is 5.63. The number of amides is 2. The Labute approximate surface area is 174 Å². The fourth-order valence-electron chi connectivity index (χ4n) is 3.84. The number of carbonyl (C=O) groups excluding carboxylic acids is 1. The Morgan fingerprint density at radius 1 is 1.30 bits per heavy atom. The number of benzene rings is 2. The molecule has 0 spiro atoms. The van der Waals surface area contributed by atoms with Crippen LogP contribution in [-0.2, 0) is 4.74 Å². The Bertz CT molecular complexity index is 1060. The second kappa shape index (κ2) is 8.36. The summed E-state index contributed by atoms with van der Waals surface area (Å²) < 4.78 is 30.6. The summed E-state index contributed by atoms with van der Waals surface area (Å²) in [4.78, 5) is 14.6. The maximum absolute atomic E-state index is 13.5. The van der Waals surface area contributed by atoms with Crippen LogP contribution in [-0.4, -0.2) is 37.7 Å². The van der Waals surface area contributed by atoms with Crippen molar-refractivity contribution >= 4 is 17.0 Å². The molecule has 0 radical (unpaired) electrons. The first kappa shape index (κ1) is 20.2. The van der Waals surface area contributed by atoms with Crippen LogP contribution in [0.15, 0.2) is 46.9 Å². The Morgan fingerprint density at radius 3 is 2.90 bits per heavy atom. The van der Waals surface area contributed by atoms with Gasteiger partial charge in [0.2, 0.25) is 0 Å². The van der Waals surface area contributed by atoms with E-state index >= 15 is 0 Å². The molecule has 2 aromatic carbocycles. The summed E-state index contributed by atoms with van der Waals surface area (Å²) in [6.45, 7) is 5.09. The average molecular weight is 412 g/mol. The quantitative estimate of drug-likeness (QED) is 0.673. The van der Waals surface area contributed by atoms with E-state index in [2.05, 4.69) is 5.32 Å². The van der Waals surface area contributed by atoms with Crippen molar-refractivity contribution in [3.63, 3.8) is 0 Å². The second-order valence-electron chi connectivity index (χ2n) is 7.49. The van der Waals surface area contributed by atoms with Crippen LogP contribution in [0.3, 0.4) is 0 Å². The number of carbonyl (C=O) groups is 1. The fraction of sp³-hybridized carbons (Fsp3) is 0.348. The Balaban J connectivity index is 1.47. The van der Waals surface area contributed by atoms with E-state index < -0.39 is 0 Å². The van der Waals surface area contributed by atoms with Crippen molar-refractivity contribution < 1.29 is 23.1 Å². The lowest BCUT2D eigenvalue weighted by atomic mass is 10.1. The molecule has 0 bridgehead atoms. The number of nitrogens with zero attached hydrogens (tertiary/aromatic N) is 1. The Hall–Kier alpha value is -3.06. The van der Waals surface area contributed by atoms with E-state index in [1.54, 1.807) is 18.1 Å². The number of morpholine rings is 1. The van der Waals surface area contributed by atoms with Crippen molar-refractivity contribution in [2.75, 3.05) is 26.8 Å². The van der Waals surface area contributed by atoms with Crippen LogP contribution in [0.4, 0.5) is 9.18 Å². The van der Waals surface area contributed by atoms with Crippen molar-refractivity contribution in [2.24, 2.45) is 0 Å². The number of aryl methyl sites for hydroxylation is 1. The van der Waals surface area contributed by atoms with Gasteiger partial charge in [-0.25, -0.2) is 9.18 Å². The molecule has 1 saturated heterocycles. The number of furan rings is 1. The van der Waals surface area contributed by atoms with Gasteiger partial charge in [-0.05, 0) is 49.7 Å². The lowest BCUT2D eigenvalue weighted by Gasteiger charge is -2.33. The molecule has 0 saturated carbocycles. The van der Waals surface area contributed by atoms with Crippen LogP contribution in [0.5, 0.6) is 5.75 Å². The standard InChI is InChI=1S/C23H25FN2O4/c1-14-19-12-18(28-3)7-8-20(19)30-22(14)15(2)25-23(27)26-9-10-29-21(13-26)16-5-4-6-17(24)11-16/h4-8,11-12,15,21H,9-10,13H2,1-3H3,(H,25,27). The van der Waals surface area contributed by atoms with E-state index in [9.17, 15) is 9.18 Å². The van der Waals surface area contributed by atoms with Crippen LogP contribution in [0.25, 0.3) is 11.0 Å². The van der Waals surface area contributed by atoms with Crippen LogP contribution < -0.4 is 10.1 Å². The molecule has 1 aliphatic heterocycles. The zero-order valence-electron chi connectivity index (χ0n) is 17.3. The van der Waals surface area contributed by atoms with Crippen molar-refractivity contribution in [3.8, 4) is 5.75 Å². The van der Waals surface area contributed by atoms with Gasteiger partial charge in [-0.1, -0.05) is 12.1 Å². The third kappa shape index (κ3) is 3.98. The SMILES string of the molecule is COc1ccc2oc(C(C)NC(=O)N3CCOC(c4cccc(F)c4)C3)c(C)c2c1. The number of rotatable bonds is 4. The lowest BCUT2D eigenvalue weighted by molar-refractivity contribution is -0.0159. The van der Waals surface area contributed by atoms with Crippen molar-refractivity contribution in [3.05, 3.63) is 65.2 Å². The molecule has 158 valence electrons. The summed E-state index contributed by atoms with van der Waals surface area (Å²) in [7, 11) is 1.62. The van der Waals surface area contributed by atoms with Crippen LogP contribution in [0.1, 0.15) is 36.0 Å². The monoisotopic (exact) mass is 412 g/mol. The highest BCUT2D eigenvalue weighted by Crippen LogP contribution is 2.32. The molecule has 1 fully saturated rings. The first-order chi connectivity index (χ1) is 14.5. The van der Waals surface area contributed by atoms with Gasteiger partial charge >= 0.3 is 6.03 Å². The summed E-state index contributed by atoms with van der Waals surface area (Å²) in [5.41, 5.74) is 2.45. The molecule has 2 atom stereocenters. The Morgan fingerprint density at radius 2 is 2.13 bits per heavy atom. The molecule has 2 heterocycles. The number of methoxy groups -OCH3 is 1. The van der Waals surface area contributed by atoms with Gasteiger partial charge in [0.15, 0.2) is 0 Å². The lowest BCUT2D eigenvalue weighted by Crippen LogP contribution is -2.47. The summed E-state index contributed by atoms with van der Waals surface area (Å²) in [5.74, 6) is 1.15. The van der Waals surface area contributed by atoms with E-state index in [-0.39, 0.29) is 24.0 Å². The molecule has 2 unspecified atom stereocenters. The highest BCUT2D eigenvalue weighted by atomic mass is 19.1. The molecule has 0 aliphatic carbocycles. The van der Waals surface area contributed by atoms with E-state index in [4.69, 9.17) is 13.9 Å². The number of hydrogen-bond donors (Lipinski definition) is 1. The predicted molar refractivity (Wildman–Crippen MR) is 111 cm³/mol. The highest BCUT2D eigenvalue weighted by molar-refractivity contribution is 5.84. The maximum atomic E-state index is 13.5. The molecule has 1 aliphatic rings. The third-order valence-electron chi connectivity index (χ3n) is 5.49. The van der Waals surface area contributed by atoms with Crippen LogP contribution in [0, 0.1) is 12.7 Å². The molecule has 1 aromatic heterocycles. The molecule has 2 amide bonds. The third-order valence-corrected chi connectivity index (χ3v) is 5.49. The number of halogens is 1. The topological polar surface area (TPSA) is 63.9 Å². The van der Waals surface area contributed by atoms with Crippen LogP contribution >= 0.6 is 0 Å². The van der Waals surface area contributed by atoms with Crippen molar-refractivity contribution in [1.82, 2.24) is 10.2 Å². The number of hydrogen-bond acceptors (Lipinski definition) is 4. The van der Waals surface area contributed by atoms with Gasteiger partial charge in [0.1, 0.15) is 29.0 Å².